The molecule has 9 heteroatoms. The zero-order chi connectivity index (χ0) is 20.8. The summed E-state index contributed by atoms with van der Waals surface area (Å²) in [5, 5.41) is 4.55. The number of carbonyl (C=O) groups is 1. The molecule has 29 heavy (non-hydrogen) atoms. The summed E-state index contributed by atoms with van der Waals surface area (Å²) in [6.07, 6.45) is 1.38. The van der Waals surface area contributed by atoms with Gasteiger partial charge in [0.05, 0.1) is 28.6 Å². The molecule has 1 aromatic heterocycles. The Morgan fingerprint density at radius 2 is 1.90 bits per heavy atom. The summed E-state index contributed by atoms with van der Waals surface area (Å²) in [4.78, 5) is 30.4. The molecule has 0 atom stereocenters. The number of amides is 1. The number of benzene rings is 2. The SMILES string of the molecule is CCOc1c(Cl)cc(/C=N/NC(=O)c2cc(-c3ccccc3)nc(=O)[nH]2)cc1Cl. The lowest BCUT2D eigenvalue weighted by Gasteiger charge is -2.08. The van der Waals surface area contributed by atoms with Gasteiger partial charge in [0.15, 0.2) is 5.75 Å². The number of aromatic amines is 1. The van der Waals surface area contributed by atoms with Crippen molar-refractivity contribution in [2.45, 2.75) is 6.92 Å². The minimum absolute atomic E-state index is 0.0313. The molecule has 0 spiro atoms. The van der Waals surface area contributed by atoms with E-state index in [0.29, 0.717) is 33.7 Å². The number of hydrogen-bond donors (Lipinski definition) is 2. The van der Waals surface area contributed by atoms with E-state index in [9.17, 15) is 9.59 Å². The van der Waals surface area contributed by atoms with Crippen LogP contribution in [0.15, 0.2) is 58.4 Å². The Morgan fingerprint density at radius 1 is 1.21 bits per heavy atom. The number of nitrogens with one attached hydrogen (secondary N) is 2. The molecule has 0 unspecified atom stereocenters. The van der Waals surface area contributed by atoms with Crippen molar-refractivity contribution in [3.05, 3.63) is 80.3 Å². The quantitative estimate of drug-likeness (QED) is 0.457. The number of H-pyrrole nitrogens is 1. The van der Waals surface area contributed by atoms with Crippen molar-refractivity contribution in [3.8, 4) is 17.0 Å². The van der Waals surface area contributed by atoms with Crippen LogP contribution in [0.5, 0.6) is 5.75 Å². The van der Waals surface area contributed by atoms with Gasteiger partial charge in [-0.25, -0.2) is 10.2 Å². The molecule has 0 aliphatic heterocycles. The van der Waals surface area contributed by atoms with E-state index in [1.54, 1.807) is 24.3 Å². The summed E-state index contributed by atoms with van der Waals surface area (Å²) in [6, 6.07) is 13.8. The minimum atomic E-state index is -0.634. The number of nitrogens with zero attached hydrogens (tertiary/aromatic N) is 2. The first-order chi connectivity index (χ1) is 14.0. The van der Waals surface area contributed by atoms with Crippen LogP contribution in [-0.2, 0) is 0 Å². The molecule has 3 aromatic rings. The summed E-state index contributed by atoms with van der Waals surface area (Å²) in [7, 11) is 0. The van der Waals surface area contributed by atoms with Crippen LogP contribution in [0.25, 0.3) is 11.3 Å². The largest absolute Gasteiger partial charge is 0.491 e. The van der Waals surface area contributed by atoms with Gasteiger partial charge >= 0.3 is 5.69 Å². The molecule has 0 radical (unpaired) electrons. The van der Waals surface area contributed by atoms with Crippen LogP contribution in [0.3, 0.4) is 0 Å². The van der Waals surface area contributed by atoms with Crippen molar-refractivity contribution in [1.82, 2.24) is 15.4 Å². The van der Waals surface area contributed by atoms with Crippen LogP contribution in [0, 0.1) is 0 Å². The van der Waals surface area contributed by atoms with E-state index in [-0.39, 0.29) is 5.69 Å². The molecule has 2 N–H and O–H groups in total. The number of halogens is 2. The second-order valence-corrected chi connectivity index (χ2v) is 6.61. The monoisotopic (exact) mass is 430 g/mol. The highest BCUT2D eigenvalue weighted by Gasteiger charge is 2.11. The molecule has 0 fully saturated rings. The van der Waals surface area contributed by atoms with Crippen molar-refractivity contribution in [1.29, 1.82) is 0 Å². The van der Waals surface area contributed by atoms with Crippen LogP contribution in [-0.4, -0.2) is 28.7 Å². The number of hydrogen-bond acceptors (Lipinski definition) is 5. The topological polar surface area (TPSA) is 96.4 Å². The zero-order valence-electron chi connectivity index (χ0n) is 15.3. The van der Waals surface area contributed by atoms with Gasteiger partial charge in [-0.1, -0.05) is 53.5 Å². The third kappa shape index (κ3) is 5.22. The Kier molecular flexibility index (Phi) is 6.64. The average Bonchev–Trinajstić information content (AvgIpc) is 2.71. The number of ether oxygens (including phenoxy) is 1. The molecule has 3 rings (SSSR count). The normalized spacial score (nSPS) is 10.9. The molecule has 1 amide bonds. The van der Waals surface area contributed by atoms with E-state index in [1.165, 1.54) is 12.3 Å². The third-order valence-corrected chi connectivity index (χ3v) is 4.31. The Balaban J connectivity index is 1.76. The highest BCUT2D eigenvalue weighted by Crippen LogP contribution is 2.33. The van der Waals surface area contributed by atoms with E-state index in [1.807, 2.05) is 25.1 Å². The van der Waals surface area contributed by atoms with Gasteiger partial charge in [0.1, 0.15) is 5.69 Å². The fourth-order valence-corrected chi connectivity index (χ4v) is 3.11. The van der Waals surface area contributed by atoms with E-state index in [4.69, 9.17) is 27.9 Å². The van der Waals surface area contributed by atoms with Gasteiger partial charge in [-0.2, -0.15) is 10.1 Å². The number of carbonyl (C=O) groups excluding carboxylic acids is 1. The molecule has 7 nitrogen and oxygen atoms in total. The van der Waals surface area contributed by atoms with Gasteiger partial charge in [-0.05, 0) is 30.7 Å². The summed E-state index contributed by atoms with van der Waals surface area (Å²) in [5.41, 5.74) is 3.41. The molecule has 0 bridgehead atoms. The second-order valence-electron chi connectivity index (χ2n) is 5.80. The van der Waals surface area contributed by atoms with E-state index < -0.39 is 11.6 Å². The van der Waals surface area contributed by atoms with Gasteiger partial charge in [0.2, 0.25) is 0 Å². The van der Waals surface area contributed by atoms with Crippen molar-refractivity contribution >= 4 is 35.3 Å². The second kappa shape index (κ2) is 9.36. The number of hydrazone groups is 1. The molecule has 0 aliphatic carbocycles. The van der Waals surface area contributed by atoms with E-state index in [2.05, 4.69) is 20.5 Å². The Bertz CT molecular complexity index is 1090. The molecule has 2 aromatic carbocycles. The van der Waals surface area contributed by atoms with Gasteiger partial charge < -0.3 is 9.72 Å². The van der Waals surface area contributed by atoms with E-state index >= 15 is 0 Å². The summed E-state index contributed by atoms with van der Waals surface area (Å²) in [6.45, 7) is 2.25. The molecule has 0 saturated heterocycles. The molecular weight excluding hydrogens is 415 g/mol. The Hall–Kier alpha value is -3.16. The molecule has 0 saturated carbocycles. The zero-order valence-corrected chi connectivity index (χ0v) is 16.8. The predicted octanol–water partition coefficient (Wildman–Crippen LogP) is 3.91. The predicted molar refractivity (Wildman–Crippen MR) is 113 cm³/mol. The average molecular weight is 431 g/mol. The lowest BCUT2D eigenvalue weighted by atomic mass is 10.1. The van der Waals surface area contributed by atoms with Gasteiger partial charge in [-0.15, -0.1) is 0 Å². The Morgan fingerprint density at radius 3 is 2.55 bits per heavy atom. The van der Waals surface area contributed by atoms with Crippen molar-refractivity contribution < 1.29 is 9.53 Å². The third-order valence-electron chi connectivity index (χ3n) is 3.75. The van der Waals surface area contributed by atoms with Crippen LogP contribution in [0.2, 0.25) is 10.0 Å². The summed E-state index contributed by atoms with van der Waals surface area (Å²) in [5.74, 6) is -0.208. The number of rotatable bonds is 6. The van der Waals surface area contributed by atoms with Gasteiger partial charge in [0, 0.05) is 5.56 Å². The maximum absolute atomic E-state index is 12.3. The van der Waals surface area contributed by atoms with E-state index in [0.717, 1.165) is 5.56 Å². The van der Waals surface area contributed by atoms with Crippen molar-refractivity contribution in [2.75, 3.05) is 6.61 Å². The standard InChI is InChI=1S/C20H16Cl2N4O3/c1-2-29-18-14(21)8-12(9-15(18)22)11-23-26-19(27)17-10-16(24-20(28)25-17)13-6-4-3-5-7-13/h3-11H,2H2,1H3,(H,26,27)(H,24,25,28)/b23-11+. The van der Waals surface area contributed by atoms with Crippen LogP contribution in [0.4, 0.5) is 0 Å². The van der Waals surface area contributed by atoms with Crippen molar-refractivity contribution in [2.24, 2.45) is 5.10 Å². The van der Waals surface area contributed by atoms with Crippen molar-refractivity contribution in [3.63, 3.8) is 0 Å². The first-order valence-electron chi connectivity index (χ1n) is 8.60. The number of aromatic nitrogens is 2. The minimum Gasteiger partial charge on any atom is -0.491 e. The maximum atomic E-state index is 12.3. The maximum Gasteiger partial charge on any atom is 0.346 e. The summed E-state index contributed by atoms with van der Waals surface area (Å²) < 4.78 is 5.36. The lowest BCUT2D eigenvalue weighted by molar-refractivity contribution is 0.0949. The van der Waals surface area contributed by atoms with Crippen LogP contribution in [0.1, 0.15) is 23.0 Å². The first-order valence-corrected chi connectivity index (χ1v) is 9.35. The Labute approximate surface area is 176 Å². The fourth-order valence-electron chi connectivity index (χ4n) is 2.50. The first kappa shape index (κ1) is 20.6. The molecular formula is C20H16Cl2N4O3. The molecule has 1 heterocycles. The lowest BCUT2D eigenvalue weighted by Crippen LogP contribution is -2.24. The van der Waals surface area contributed by atoms with Crippen LogP contribution >= 0.6 is 23.2 Å². The molecule has 0 aliphatic rings. The van der Waals surface area contributed by atoms with Gasteiger partial charge in [-0.3, -0.25) is 4.79 Å². The smallest absolute Gasteiger partial charge is 0.346 e. The van der Waals surface area contributed by atoms with Gasteiger partial charge in [0.25, 0.3) is 5.91 Å². The highest BCUT2D eigenvalue weighted by atomic mass is 35.5. The molecule has 148 valence electrons. The fraction of sp³-hybridized carbons (Fsp3) is 0.100. The highest BCUT2D eigenvalue weighted by molar-refractivity contribution is 6.37. The van der Waals surface area contributed by atoms with Crippen LogP contribution < -0.4 is 15.9 Å². The summed E-state index contributed by atoms with van der Waals surface area (Å²) >= 11 is 12.3.